The van der Waals surface area contributed by atoms with Gasteiger partial charge >= 0.3 is 12.3 Å². The molecule has 1 aromatic rings. The van der Waals surface area contributed by atoms with Crippen molar-refractivity contribution in [2.75, 3.05) is 26.2 Å². The molecule has 0 N–H and O–H groups in total. The summed E-state index contributed by atoms with van der Waals surface area (Å²) < 4.78 is 69.9. The summed E-state index contributed by atoms with van der Waals surface area (Å²) in [6.45, 7) is 5.34. The molecule has 1 fully saturated rings. The van der Waals surface area contributed by atoms with Crippen molar-refractivity contribution >= 4 is 16.1 Å². The number of hydrogen-bond donors (Lipinski definition) is 0. The standard InChI is InChI=1S/C16H21F3N2O4S/c1-15(2,3)25-14(22)20-7-9-21(10-8-20)26(23,24)13-6-4-5-12(11-13)16(17,18)19/h4-6,11H,7-10H2,1-3H3. The summed E-state index contributed by atoms with van der Waals surface area (Å²) in [5.74, 6) is 0. The normalized spacial score (nSPS) is 17.2. The Hall–Kier alpha value is -1.81. The van der Waals surface area contributed by atoms with Crippen LogP contribution in [0.25, 0.3) is 0 Å². The van der Waals surface area contributed by atoms with Crippen molar-refractivity contribution in [2.45, 2.75) is 37.4 Å². The zero-order valence-corrected chi connectivity index (χ0v) is 15.5. The minimum Gasteiger partial charge on any atom is -0.444 e. The topological polar surface area (TPSA) is 66.9 Å². The molecular weight excluding hydrogens is 373 g/mol. The fraction of sp³-hybridized carbons (Fsp3) is 0.562. The molecule has 1 aromatic carbocycles. The zero-order valence-electron chi connectivity index (χ0n) is 14.7. The van der Waals surface area contributed by atoms with Crippen LogP contribution in [-0.4, -0.2) is 55.5 Å². The van der Waals surface area contributed by atoms with Gasteiger partial charge < -0.3 is 9.64 Å². The molecular formula is C16H21F3N2O4S. The molecule has 0 bridgehead atoms. The molecule has 0 aliphatic carbocycles. The molecule has 0 unspecified atom stereocenters. The summed E-state index contributed by atoms with van der Waals surface area (Å²) in [4.78, 5) is 13.0. The van der Waals surface area contributed by atoms with Gasteiger partial charge in [-0.2, -0.15) is 17.5 Å². The number of ether oxygens (including phenoxy) is 1. The predicted molar refractivity (Wildman–Crippen MR) is 88.0 cm³/mol. The van der Waals surface area contributed by atoms with Crippen LogP contribution in [0.1, 0.15) is 26.3 Å². The number of halogens is 3. The summed E-state index contributed by atoms with van der Waals surface area (Å²) in [6.07, 6.45) is -5.17. The molecule has 1 heterocycles. The van der Waals surface area contributed by atoms with Crippen LogP contribution in [0.15, 0.2) is 29.2 Å². The number of amides is 1. The maximum Gasteiger partial charge on any atom is 0.416 e. The van der Waals surface area contributed by atoms with E-state index in [1.807, 2.05) is 0 Å². The number of hydrogen-bond acceptors (Lipinski definition) is 4. The van der Waals surface area contributed by atoms with Gasteiger partial charge in [-0.05, 0) is 39.0 Å². The summed E-state index contributed by atoms with van der Waals surface area (Å²) in [7, 11) is -4.07. The highest BCUT2D eigenvalue weighted by Gasteiger charge is 2.35. The Morgan fingerprint density at radius 3 is 2.15 bits per heavy atom. The predicted octanol–water partition coefficient (Wildman–Crippen LogP) is 2.95. The number of carbonyl (C=O) groups is 1. The first-order valence-electron chi connectivity index (χ1n) is 7.96. The smallest absolute Gasteiger partial charge is 0.416 e. The van der Waals surface area contributed by atoms with E-state index in [1.165, 1.54) is 4.90 Å². The van der Waals surface area contributed by atoms with Crippen molar-refractivity contribution in [2.24, 2.45) is 0 Å². The first-order valence-corrected chi connectivity index (χ1v) is 9.40. The highest BCUT2D eigenvalue weighted by atomic mass is 32.2. The molecule has 1 amide bonds. The van der Waals surface area contributed by atoms with E-state index in [1.54, 1.807) is 20.8 Å². The summed E-state index contributed by atoms with van der Waals surface area (Å²) in [5.41, 5.74) is -1.69. The molecule has 0 saturated carbocycles. The van der Waals surface area contributed by atoms with Crippen LogP contribution < -0.4 is 0 Å². The van der Waals surface area contributed by atoms with Crippen molar-refractivity contribution in [1.82, 2.24) is 9.21 Å². The van der Waals surface area contributed by atoms with Crippen LogP contribution in [0.4, 0.5) is 18.0 Å². The molecule has 0 atom stereocenters. The fourth-order valence-corrected chi connectivity index (χ4v) is 3.89. The van der Waals surface area contributed by atoms with Crippen molar-refractivity contribution in [3.8, 4) is 0 Å². The molecule has 0 radical (unpaired) electrons. The van der Waals surface area contributed by atoms with Gasteiger partial charge in [-0.3, -0.25) is 0 Å². The molecule has 10 heteroatoms. The Morgan fingerprint density at radius 2 is 1.65 bits per heavy atom. The number of benzene rings is 1. The molecule has 1 aliphatic rings. The van der Waals surface area contributed by atoms with Crippen LogP contribution in [-0.2, 0) is 20.9 Å². The van der Waals surface area contributed by atoms with Gasteiger partial charge in [0.2, 0.25) is 10.0 Å². The fourth-order valence-electron chi connectivity index (χ4n) is 2.42. The first kappa shape index (κ1) is 20.5. The minimum atomic E-state index is -4.62. The first-order chi connectivity index (χ1) is 11.8. The van der Waals surface area contributed by atoms with Crippen molar-refractivity contribution in [1.29, 1.82) is 0 Å². The maximum absolute atomic E-state index is 12.8. The molecule has 146 valence electrons. The van der Waals surface area contributed by atoms with E-state index in [0.29, 0.717) is 6.07 Å². The Bertz CT molecular complexity index is 764. The lowest BCUT2D eigenvalue weighted by Crippen LogP contribution is -2.51. The van der Waals surface area contributed by atoms with Gasteiger partial charge in [-0.25, -0.2) is 13.2 Å². The molecule has 26 heavy (non-hydrogen) atoms. The number of piperazine rings is 1. The average molecular weight is 394 g/mol. The SMILES string of the molecule is CC(C)(C)OC(=O)N1CCN(S(=O)(=O)c2cccc(C(F)(F)F)c2)CC1. The molecule has 6 nitrogen and oxygen atoms in total. The van der Waals surface area contributed by atoms with E-state index in [0.717, 1.165) is 22.5 Å². The number of sulfonamides is 1. The molecule has 1 aliphatic heterocycles. The van der Waals surface area contributed by atoms with E-state index in [2.05, 4.69) is 0 Å². The van der Waals surface area contributed by atoms with Gasteiger partial charge in [0.25, 0.3) is 0 Å². The second-order valence-electron chi connectivity index (χ2n) is 6.90. The number of alkyl halides is 3. The highest BCUT2D eigenvalue weighted by molar-refractivity contribution is 7.89. The Kier molecular flexibility index (Phi) is 5.57. The zero-order chi connectivity index (χ0) is 19.8. The minimum absolute atomic E-state index is 0.0160. The third-order valence-corrected chi connectivity index (χ3v) is 5.58. The Morgan fingerprint density at radius 1 is 1.08 bits per heavy atom. The largest absolute Gasteiger partial charge is 0.444 e. The number of carbonyl (C=O) groups excluding carboxylic acids is 1. The van der Waals surface area contributed by atoms with Crippen molar-refractivity contribution < 1.29 is 31.1 Å². The molecule has 2 rings (SSSR count). The van der Waals surface area contributed by atoms with Crippen molar-refractivity contribution in [3.63, 3.8) is 0 Å². The summed E-state index contributed by atoms with van der Waals surface area (Å²) >= 11 is 0. The van der Waals surface area contributed by atoms with Crippen LogP contribution >= 0.6 is 0 Å². The van der Waals surface area contributed by atoms with E-state index in [4.69, 9.17) is 4.74 Å². The van der Waals surface area contributed by atoms with Gasteiger partial charge in [-0.15, -0.1) is 0 Å². The van der Waals surface area contributed by atoms with E-state index < -0.39 is 38.4 Å². The Labute approximate surface area is 150 Å². The molecule has 0 spiro atoms. The lowest BCUT2D eigenvalue weighted by atomic mass is 10.2. The van der Waals surface area contributed by atoms with Gasteiger partial charge in [0, 0.05) is 26.2 Å². The second-order valence-corrected chi connectivity index (χ2v) is 8.84. The molecule has 0 aromatic heterocycles. The number of rotatable bonds is 2. The third kappa shape index (κ3) is 4.88. The quantitative estimate of drug-likeness (QED) is 0.774. The second kappa shape index (κ2) is 7.07. The van der Waals surface area contributed by atoms with E-state index in [9.17, 15) is 26.4 Å². The molecule has 1 saturated heterocycles. The van der Waals surface area contributed by atoms with Crippen LogP contribution in [0.5, 0.6) is 0 Å². The van der Waals surface area contributed by atoms with Crippen LogP contribution in [0, 0.1) is 0 Å². The Balaban J connectivity index is 2.10. The maximum atomic E-state index is 12.8. The lowest BCUT2D eigenvalue weighted by molar-refractivity contribution is -0.137. The lowest BCUT2D eigenvalue weighted by Gasteiger charge is -2.35. The summed E-state index contributed by atoms with van der Waals surface area (Å²) in [5, 5.41) is 0. The van der Waals surface area contributed by atoms with Gasteiger partial charge in [0.1, 0.15) is 5.60 Å². The van der Waals surface area contributed by atoms with Crippen LogP contribution in [0.3, 0.4) is 0 Å². The van der Waals surface area contributed by atoms with Crippen molar-refractivity contribution in [3.05, 3.63) is 29.8 Å². The average Bonchev–Trinajstić information content (AvgIpc) is 2.53. The van der Waals surface area contributed by atoms with E-state index >= 15 is 0 Å². The van der Waals surface area contributed by atoms with E-state index in [-0.39, 0.29) is 26.2 Å². The van der Waals surface area contributed by atoms with Gasteiger partial charge in [0.15, 0.2) is 0 Å². The van der Waals surface area contributed by atoms with Crippen LogP contribution in [0.2, 0.25) is 0 Å². The van der Waals surface area contributed by atoms with Gasteiger partial charge in [-0.1, -0.05) is 6.07 Å². The summed E-state index contributed by atoms with van der Waals surface area (Å²) in [6, 6.07) is 3.63. The monoisotopic (exact) mass is 394 g/mol. The highest BCUT2D eigenvalue weighted by Crippen LogP contribution is 2.31. The third-order valence-electron chi connectivity index (χ3n) is 3.69. The number of nitrogens with zero attached hydrogens (tertiary/aromatic N) is 2. The van der Waals surface area contributed by atoms with Gasteiger partial charge in [0.05, 0.1) is 10.5 Å².